The normalized spacial score (nSPS) is 11.4. The van der Waals surface area contributed by atoms with Crippen molar-refractivity contribution >= 4 is 122 Å². The van der Waals surface area contributed by atoms with Crippen LogP contribution in [0, 0.1) is 0 Å². The molecule has 0 amide bonds. The van der Waals surface area contributed by atoms with E-state index in [0.717, 1.165) is 15.1 Å². The molecule has 0 fully saturated rings. The SMILES string of the molecule is Clc1ccc(Cl)cc1.Clc1ccccc1.O=C(c1ccc(Cl)cc1)c1ccc(Cl)cc1.O=[C+]c1ccc(Cl)cc1.[F-].[F][Sb]([F])([F])([F])[F].[F][Sb]([F])([F])([F])[F]. The quantitative estimate of drug-likeness (QED) is 0.0781. The van der Waals surface area contributed by atoms with E-state index in [1.807, 2.05) is 30.3 Å². The van der Waals surface area contributed by atoms with Crippen molar-refractivity contribution in [2.45, 2.75) is 0 Å². The minimum atomic E-state index is -9.19. The summed E-state index contributed by atoms with van der Waals surface area (Å²) in [6.07, 6.45) is 1.75. The standard InChI is InChI=1S/C13H8Cl2O.C7H4ClO.C6H4Cl2.C6H5Cl.11FH.2Sb/c14-11-5-1-9(2-6-11)13(16)10-3-7-12(15)8-4-10;8-7-3-1-6(5-9)2-4-7;7-5-1-2-6(8)4-3-5;7-6-4-2-1-3-5-6;;;;;;;;;;;;;/h1-8H;1-4H;1-4H;1-5H;11*1H;;/q;+1;;;;;;;;;;;;;;2*+5/p-11. The number of ketones is 1. The Morgan fingerprint density at radius 1 is 0.396 bits per heavy atom. The first-order chi connectivity index (χ1) is 23.6. The van der Waals surface area contributed by atoms with Crippen LogP contribution in [-0.2, 0) is 4.79 Å². The zero-order valence-corrected chi connectivity index (χ0v) is 35.4. The first-order valence-corrected chi connectivity index (χ1v) is 25.1. The Morgan fingerprint density at radius 2 is 0.604 bits per heavy atom. The van der Waals surface area contributed by atoms with E-state index in [1.165, 1.54) is 0 Å². The molecule has 0 saturated heterocycles. The minimum absolute atomic E-state index is 0. The van der Waals surface area contributed by atoms with Crippen molar-refractivity contribution < 1.29 is 42.4 Å². The van der Waals surface area contributed by atoms with Crippen LogP contribution in [0.2, 0.25) is 30.1 Å². The van der Waals surface area contributed by atoms with E-state index in [9.17, 15) is 37.7 Å². The molecule has 2 nitrogen and oxygen atoms in total. The van der Waals surface area contributed by atoms with Crippen molar-refractivity contribution in [1.82, 2.24) is 0 Å². The van der Waals surface area contributed by atoms with Crippen LogP contribution in [0.1, 0.15) is 21.5 Å². The molecule has 0 aliphatic carbocycles. The summed E-state index contributed by atoms with van der Waals surface area (Å²) in [6.45, 7) is 0. The molecule has 5 aromatic carbocycles. The third kappa shape index (κ3) is 36.7. The van der Waals surface area contributed by atoms with Crippen molar-refractivity contribution in [3.8, 4) is 0 Å². The molecule has 5 rings (SSSR count). The molecule has 53 heavy (non-hydrogen) atoms. The van der Waals surface area contributed by atoms with Gasteiger partial charge in [-0.3, -0.25) is 4.79 Å². The fourth-order valence-electron chi connectivity index (χ4n) is 2.73. The molecule has 0 aromatic heterocycles. The Balaban J connectivity index is 0. The summed E-state index contributed by atoms with van der Waals surface area (Å²) in [5.41, 5.74) is 1.76. The van der Waals surface area contributed by atoms with Crippen LogP contribution in [0.25, 0.3) is 0 Å². The van der Waals surface area contributed by atoms with Gasteiger partial charge >= 0.3 is 75.0 Å². The van der Waals surface area contributed by atoms with Gasteiger partial charge in [-0.25, -0.2) is 0 Å². The summed E-state index contributed by atoms with van der Waals surface area (Å²) in [5, 5.41) is 4.10. The van der Waals surface area contributed by atoms with Gasteiger partial charge in [0.05, 0.1) is 17.2 Å². The van der Waals surface area contributed by atoms with Crippen LogP contribution in [-0.4, -0.2) is 52.7 Å². The van der Waals surface area contributed by atoms with Gasteiger partial charge in [0.1, 0.15) is 0 Å². The molecule has 0 bridgehead atoms. The Labute approximate surface area is 336 Å². The first kappa shape index (κ1) is 53.1. The summed E-state index contributed by atoms with van der Waals surface area (Å²) in [6, 6.07) is 36.6. The summed E-state index contributed by atoms with van der Waals surface area (Å²) in [5.74, 6) is -0.0340. The molecule has 0 atom stereocenters. The number of halogens is 17. The predicted molar refractivity (Wildman–Crippen MR) is 193 cm³/mol. The molecule has 5 aromatic rings. The average Bonchev–Trinajstić information content (AvgIpc) is 3.02. The summed E-state index contributed by atoms with van der Waals surface area (Å²) >= 11 is 15.3. The zero-order valence-electron chi connectivity index (χ0n) is 25.8. The Kier molecular flexibility index (Phi) is 24.5. The van der Waals surface area contributed by atoms with Gasteiger partial charge in [-0.2, -0.15) is 0 Å². The van der Waals surface area contributed by atoms with E-state index < -0.39 is 40.6 Å². The zero-order chi connectivity index (χ0) is 40.2. The van der Waals surface area contributed by atoms with Crippen molar-refractivity contribution in [3.05, 3.63) is 174 Å². The number of carbonyl (C=O) groups is 1. The van der Waals surface area contributed by atoms with Crippen LogP contribution in [0.3, 0.4) is 0 Å². The van der Waals surface area contributed by atoms with Crippen LogP contribution in [0.5, 0.6) is 0 Å². The second-order valence-corrected chi connectivity index (χ2v) is 18.9. The van der Waals surface area contributed by atoms with E-state index in [1.54, 1.807) is 103 Å². The number of rotatable bonds is 3. The van der Waals surface area contributed by atoms with Crippen LogP contribution < -0.4 is 4.70 Å². The molecule has 0 N–H and O–H groups in total. The monoisotopic (exact) mass is 1100 g/mol. The van der Waals surface area contributed by atoms with Gasteiger partial charge in [0, 0.05) is 48.4 Å². The van der Waals surface area contributed by atoms with Crippen molar-refractivity contribution in [3.63, 3.8) is 0 Å². The topological polar surface area (TPSA) is 34.1 Å². The van der Waals surface area contributed by atoms with E-state index in [-0.39, 0.29) is 10.5 Å². The molecular weight excluding hydrogens is 1080 g/mol. The van der Waals surface area contributed by atoms with Gasteiger partial charge in [0.15, 0.2) is 5.78 Å². The van der Waals surface area contributed by atoms with E-state index in [2.05, 4.69) is 0 Å². The van der Waals surface area contributed by atoms with Gasteiger partial charge in [0.25, 0.3) is 0 Å². The van der Waals surface area contributed by atoms with Gasteiger partial charge in [-0.15, -0.1) is 4.79 Å². The fraction of sp³-hybridized carbons (Fsp3) is 0. The van der Waals surface area contributed by atoms with Gasteiger partial charge < -0.3 is 4.70 Å². The molecule has 0 aliphatic heterocycles. The third-order valence-electron chi connectivity index (χ3n) is 4.71. The first-order valence-electron chi connectivity index (χ1n) is 13.2. The van der Waals surface area contributed by atoms with Crippen LogP contribution >= 0.6 is 69.6 Å². The Hall–Kier alpha value is -2.04. The molecule has 0 radical (unpaired) electrons. The molecule has 290 valence electrons. The fourth-order valence-corrected chi connectivity index (χ4v) is 3.51. The Bertz CT molecular complexity index is 1670. The van der Waals surface area contributed by atoms with E-state index in [4.69, 9.17) is 69.6 Å². The van der Waals surface area contributed by atoms with Crippen LogP contribution in [0.15, 0.2) is 127 Å². The molecular formula is C32H21Cl6F11O2Sb2. The maximum atomic E-state index is 12.0. The molecule has 0 spiro atoms. The number of carbonyl (C=O) groups excluding carboxylic acids is 2. The number of hydrogen-bond donors (Lipinski definition) is 0. The second-order valence-electron chi connectivity index (χ2n) is 8.96. The van der Waals surface area contributed by atoms with E-state index >= 15 is 0 Å². The third-order valence-corrected chi connectivity index (χ3v) is 6.22. The molecule has 0 aliphatic rings. The van der Waals surface area contributed by atoms with E-state index in [0.29, 0.717) is 31.8 Å². The number of hydrogen-bond acceptors (Lipinski definition) is 2. The van der Waals surface area contributed by atoms with Crippen molar-refractivity contribution in [2.24, 2.45) is 0 Å². The number of benzene rings is 5. The van der Waals surface area contributed by atoms with Gasteiger partial charge in [-0.05, 0) is 84.9 Å². The molecule has 21 heteroatoms. The van der Waals surface area contributed by atoms with Crippen molar-refractivity contribution in [1.29, 1.82) is 0 Å². The molecule has 0 unspecified atom stereocenters. The van der Waals surface area contributed by atoms with Crippen molar-refractivity contribution in [2.75, 3.05) is 0 Å². The van der Waals surface area contributed by atoms with Gasteiger partial charge in [-0.1, -0.05) is 87.8 Å². The predicted octanol–water partition coefficient (Wildman–Crippen LogP) is 11.8. The Morgan fingerprint density at radius 3 is 0.811 bits per heavy atom. The summed E-state index contributed by atoms with van der Waals surface area (Å²) in [7, 11) is 0. The molecule has 0 heterocycles. The maximum absolute atomic E-state index is 12.0. The second kappa shape index (κ2) is 24.5. The molecule has 0 saturated carbocycles. The van der Waals surface area contributed by atoms with Crippen LogP contribution in [0.4, 0.5) is 28.1 Å². The van der Waals surface area contributed by atoms with Gasteiger partial charge in [0.2, 0.25) is 5.56 Å². The average molecular weight is 1100 g/mol. The summed E-state index contributed by atoms with van der Waals surface area (Å²) in [4.78, 5) is 21.9. The summed E-state index contributed by atoms with van der Waals surface area (Å²) < 4.78 is 99.1.